The molecule has 0 saturated carbocycles. The minimum Gasteiger partial charge on any atom is -0.182 e. The number of allylic oxidation sites excluding steroid dienone is 9. The lowest BCUT2D eigenvalue weighted by Gasteiger charge is -2.21. The standard InChI is InChI=1S/C27H25ClO4S2/c1-3-24-16-20(17-25(4-2)33-24)15-21-18-26(22-11-7-5-8-12-22)34(32-28(29,30)31)27(19-21)23-13-9-6-10-14-23/h5-19H,3-4H2,1-2H3. The molecule has 176 valence electrons. The van der Waals surface area contributed by atoms with E-state index in [1.54, 1.807) is 0 Å². The molecule has 0 spiro atoms. The Morgan fingerprint density at radius 3 is 1.88 bits per heavy atom. The smallest absolute Gasteiger partial charge is 0.148 e. The van der Waals surface area contributed by atoms with Crippen LogP contribution in [0.15, 0.2) is 112 Å². The summed E-state index contributed by atoms with van der Waals surface area (Å²) in [6.07, 6.45) is 12.2. The lowest BCUT2D eigenvalue weighted by Crippen LogP contribution is -2.60. The van der Waals surface area contributed by atoms with E-state index in [-0.39, 0.29) is 0 Å². The van der Waals surface area contributed by atoms with Crippen LogP contribution in [0.4, 0.5) is 0 Å². The predicted octanol–water partition coefficient (Wildman–Crippen LogP) is 4.55. The third kappa shape index (κ3) is 6.29. The third-order valence-corrected chi connectivity index (χ3v) is 9.16. The van der Waals surface area contributed by atoms with Crippen LogP contribution in [-0.2, 0) is 3.74 Å². The molecule has 2 aromatic carbocycles. The first-order chi connectivity index (χ1) is 16.4. The van der Waals surface area contributed by atoms with E-state index in [1.807, 2.05) is 84.6 Å². The first kappa shape index (κ1) is 24.9. The van der Waals surface area contributed by atoms with Crippen molar-refractivity contribution in [2.45, 2.75) is 26.7 Å². The average Bonchev–Trinajstić information content (AvgIpc) is 2.84. The maximum absolute atomic E-state index is 11.7. The zero-order valence-electron chi connectivity index (χ0n) is 18.9. The molecule has 34 heavy (non-hydrogen) atoms. The summed E-state index contributed by atoms with van der Waals surface area (Å²) in [6, 6.07) is 18.9. The molecule has 0 aliphatic carbocycles. The first-order valence-corrected chi connectivity index (χ1v) is 14.1. The molecule has 0 amide bonds. The van der Waals surface area contributed by atoms with E-state index in [0.29, 0.717) is 9.77 Å². The van der Waals surface area contributed by atoms with Crippen LogP contribution in [0.25, 0.3) is 4.91 Å². The van der Waals surface area contributed by atoms with Crippen molar-refractivity contribution in [3.8, 4) is 0 Å². The molecule has 2 aliphatic rings. The van der Waals surface area contributed by atoms with Gasteiger partial charge in [-0.05, 0) is 75.3 Å². The summed E-state index contributed by atoms with van der Waals surface area (Å²) in [6.45, 7) is 4.30. The van der Waals surface area contributed by atoms with E-state index in [0.717, 1.165) is 35.1 Å². The monoisotopic (exact) mass is 512 g/mol. The van der Waals surface area contributed by atoms with Crippen LogP contribution in [0.1, 0.15) is 37.8 Å². The Morgan fingerprint density at radius 1 is 0.794 bits per heavy atom. The van der Waals surface area contributed by atoms with E-state index < -0.39 is 21.0 Å². The van der Waals surface area contributed by atoms with Crippen molar-refractivity contribution in [2.75, 3.05) is 0 Å². The van der Waals surface area contributed by atoms with Crippen LogP contribution in [0.3, 0.4) is 0 Å². The normalized spacial score (nSPS) is 18.7. The molecule has 1 atom stereocenters. The second-order valence-electron chi connectivity index (χ2n) is 7.63. The lowest BCUT2D eigenvalue weighted by atomic mass is 10.0. The van der Waals surface area contributed by atoms with Crippen LogP contribution in [0.5, 0.6) is 0 Å². The van der Waals surface area contributed by atoms with Crippen LogP contribution in [0.2, 0.25) is 0 Å². The molecular weight excluding hydrogens is 488 g/mol. The van der Waals surface area contributed by atoms with Crippen molar-refractivity contribution in [3.63, 3.8) is 0 Å². The van der Waals surface area contributed by atoms with Gasteiger partial charge in [-0.2, -0.15) is 14.0 Å². The van der Waals surface area contributed by atoms with Gasteiger partial charge < -0.3 is 0 Å². The van der Waals surface area contributed by atoms with Gasteiger partial charge in [0.15, 0.2) is 0 Å². The van der Waals surface area contributed by atoms with Gasteiger partial charge in [0.2, 0.25) is 0 Å². The van der Waals surface area contributed by atoms with Gasteiger partial charge in [-0.25, -0.2) is 0 Å². The zero-order valence-corrected chi connectivity index (χ0v) is 21.3. The fraction of sp³-hybridized carbons (Fsp3) is 0.148. The summed E-state index contributed by atoms with van der Waals surface area (Å²) < 4.78 is 40.2. The van der Waals surface area contributed by atoms with Crippen LogP contribution >= 0.6 is 22.5 Å². The molecule has 0 fully saturated rings. The van der Waals surface area contributed by atoms with Crippen molar-refractivity contribution in [1.82, 2.24) is 0 Å². The van der Waals surface area contributed by atoms with Crippen molar-refractivity contribution < 1.29 is 28.0 Å². The van der Waals surface area contributed by atoms with Gasteiger partial charge in [-0.15, -0.1) is 0 Å². The summed E-state index contributed by atoms with van der Waals surface area (Å²) in [5.74, 6) is 0. The van der Waals surface area contributed by atoms with Crippen LogP contribution < -0.4 is 14.0 Å². The predicted molar refractivity (Wildman–Crippen MR) is 134 cm³/mol. The van der Waals surface area contributed by atoms with E-state index in [9.17, 15) is 14.0 Å². The van der Waals surface area contributed by atoms with Crippen molar-refractivity contribution >= 4 is 32.3 Å². The van der Waals surface area contributed by atoms with E-state index >= 15 is 0 Å². The Kier molecular flexibility index (Phi) is 8.11. The van der Waals surface area contributed by atoms with Gasteiger partial charge in [0.05, 0.1) is 20.0 Å². The zero-order chi connectivity index (χ0) is 24.1. The molecule has 2 aliphatic heterocycles. The average molecular weight is 513 g/mol. The van der Waals surface area contributed by atoms with E-state index in [4.69, 9.17) is 3.74 Å². The molecule has 0 saturated heterocycles. The number of halogens is 1. The van der Waals surface area contributed by atoms with E-state index in [2.05, 4.69) is 32.1 Å². The molecule has 0 N–H and O–H groups in total. The van der Waals surface area contributed by atoms with Crippen molar-refractivity contribution in [2.24, 2.45) is 0 Å². The molecule has 0 aromatic heterocycles. The SMILES string of the molecule is CCC1=CC(=CC2=CC(c3ccccc3)=S(O[Cl+3]([O-])([O-])[O-])C(c3ccccc3)=C2)C=C(CC)S1. The van der Waals surface area contributed by atoms with Gasteiger partial charge in [-0.3, -0.25) is 0 Å². The maximum atomic E-state index is 11.7. The molecule has 2 heterocycles. The summed E-state index contributed by atoms with van der Waals surface area (Å²) >= 11 is 1.82. The summed E-state index contributed by atoms with van der Waals surface area (Å²) in [4.78, 5) is 3.90. The number of rotatable bonds is 7. The molecular formula is C27H25ClO4S2. The summed E-state index contributed by atoms with van der Waals surface area (Å²) in [7, 11) is -6.04. The quantitative estimate of drug-likeness (QED) is 0.509. The molecule has 7 heteroatoms. The Morgan fingerprint density at radius 2 is 1.35 bits per heavy atom. The first-order valence-electron chi connectivity index (χ1n) is 10.9. The summed E-state index contributed by atoms with van der Waals surface area (Å²) in [5, 5.41) is 0. The Balaban J connectivity index is 1.92. The second-order valence-corrected chi connectivity index (χ2v) is 11.6. The van der Waals surface area contributed by atoms with E-state index in [1.165, 1.54) is 9.81 Å². The molecule has 2 aromatic rings. The Bertz CT molecular complexity index is 1210. The minimum atomic E-state index is -4.63. The second kappa shape index (κ2) is 11.1. The largest absolute Gasteiger partial charge is 0.182 e. The minimum absolute atomic E-state index is 0.644. The number of hydrogen-bond acceptors (Lipinski definition) is 5. The van der Waals surface area contributed by atoms with Crippen molar-refractivity contribution in [1.29, 1.82) is 0 Å². The van der Waals surface area contributed by atoms with Gasteiger partial charge in [-0.1, -0.05) is 86.3 Å². The molecule has 4 rings (SSSR count). The molecule has 1 unspecified atom stereocenters. The highest BCUT2D eigenvalue weighted by molar-refractivity contribution is 8.20. The topological polar surface area (TPSA) is 78.4 Å². The third-order valence-electron chi connectivity index (χ3n) is 5.20. The van der Waals surface area contributed by atoms with Gasteiger partial charge in [0, 0.05) is 0 Å². The summed E-state index contributed by atoms with van der Waals surface area (Å²) in [5.41, 5.74) is 3.60. The van der Waals surface area contributed by atoms with Crippen LogP contribution in [-0.4, -0.2) is 4.86 Å². The fourth-order valence-corrected chi connectivity index (χ4v) is 7.25. The Hall–Kier alpha value is -2.16. The lowest BCUT2D eigenvalue weighted by molar-refractivity contribution is -1.91. The van der Waals surface area contributed by atoms with Gasteiger partial charge in [0.1, 0.15) is 14.5 Å². The highest BCUT2D eigenvalue weighted by Crippen LogP contribution is 2.44. The number of thioether (sulfide) groups is 1. The number of hydrogen-bond donors (Lipinski definition) is 0. The fourth-order valence-electron chi connectivity index (χ4n) is 3.65. The number of benzene rings is 2. The Labute approximate surface area is 209 Å². The molecule has 0 radical (unpaired) electrons. The maximum Gasteiger partial charge on any atom is 0.148 e. The van der Waals surface area contributed by atoms with Gasteiger partial charge >= 0.3 is 0 Å². The van der Waals surface area contributed by atoms with Crippen LogP contribution in [0, 0.1) is 10.2 Å². The molecule has 4 nitrogen and oxygen atoms in total. The highest BCUT2D eigenvalue weighted by atomic mass is 35.7. The molecule has 0 bridgehead atoms. The van der Waals surface area contributed by atoms with Gasteiger partial charge in [0.25, 0.3) is 0 Å². The van der Waals surface area contributed by atoms with Crippen molar-refractivity contribution in [3.05, 3.63) is 123 Å². The highest BCUT2D eigenvalue weighted by Gasteiger charge is 2.31.